The smallest absolute Gasteiger partial charge is 0.274 e. The second-order valence-corrected chi connectivity index (χ2v) is 6.31. The summed E-state index contributed by atoms with van der Waals surface area (Å²) in [5, 5.41) is 5.90. The van der Waals surface area contributed by atoms with Crippen LogP contribution < -0.4 is 10.6 Å². The van der Waals surface area contributed by atoms with Gasteiger partial charge in [0.2, 0.25) is 5.95 Å². The van der Waals surface area contributed by atoms with Crippen LogP contribution in [-0.4, -0.2) is 22.4 Å². The predicted molar refractivity (Wildman–Crippen MR) is 104 cm³/mol. The molecule has 0 atom stereocenters. The molecule has 0 unspecified atom stereocenters. The largest absolute Gasteiger partial charge is 0.354 e. The molecule has 2 aromatic carbocycles. The Morgan fingerprint density at radius 1 is 1.04 bits per heavy atom. The minimum atomic E-state index is -0.303. The van der Waals surface area contributed by atoms with Crippen LogP contribution in [0.5, 0.6) is 0 Å². The zero-order valence-electron chi connectivity index (χ0n) is 15.3. The van der Waals surface area contributed by atoms with Gasteiger partial charge in [-0.3, -0.25) is 4.79 Å². The van der Waals surface area contributed by atoms with E-state index in [9.17, 15) is 9.18 Å². The molecule has 3 aromatic rings. The summed E-state index contributed by atoms with van der Waals surface area (Å²) >= 11 is 0. The van der Waals surface area contributed by atoms with Crippen LogP contribution in [0.2, 0.25) is 0 Å². The zero-order chi connectivity index (χ0) is 19.2. The minimum Gasteiger partial charge on any atom is -0.354 e. The molecule has 1 aromatic heterocycles. The first-order valence-corrected chi connectivity index (χ1v) is 8.72. The molecule has 0 fully saturated rings. The van der Waals surface area contributed by atoms with E-state index in [1.54, 1.807) is 31.2 Å². The van der Waals surface area contributed by atoms with E-state index in [4.69, 9.17) is 0 Å². The highest BCUT2D eigenvalue weighted by molar-refractivity contribution is 6.03. The van der Waals surface area contributed by atoms with E-state index in [0.29, 0.717) is 35.9 Å². The lowest BCUT2D eigenvalue weighted by Crippen LogP contribution is -2.17. The second-order valence-electron chi connectivity index (χ2n) is 6.31. The molecule has 2 N–H and O–H groups in total. The Kier molecular flexibility index (Phi) is 5.76. The van der Waals surface area contributed by atoms with E-state index < -0.39 is 0 Å². The first kappa shape index (κ1) is 18.5. The molecule has 1 heterocycles. The van der Waals surface area contributed by atoms with E-state index in [2.05, 4.69) is 20.6 Å². The van der Waals surface area contributed by atoms with Gasteiger partial charge >= 0.3 is 0 Å². The Bertz CT molecular complexity index is 958. The molecule has 0 saturated heterocycles. The number of aryl methyl sites for hydroxylation is 2. The molecule has 0 radical (unpaired) electrons. The van der Waals surface area contributed by atoms with Gasteiger partial charge in [-0.2, -0.15) is 0 Å². The van der Waals surface area contributed by atoms with Crippen LogP contribution >= 0.6 is 0 Å². The molecule has 6 heteroatoms. The third-order valence-electron chi connectivity index (χ3n) is 4.00. The van der Waals surface area contributed by atoms with Crippen molar-refractivity contribution in [2.75, 3.05) is 17.2 Å². The topological polar surface area (TPSA) is 66.9 Å². The van der Waals surface area contributed by atoms with Gasteiger partial charge in [0.15, 0.2) is 0 Å². The van der Waals surface area contributed by atoms with Crippen molar-refractivity contribution in [2.24, 2.45) is 0 Å². The van der Waals surface area contributed by atoms with Crippen LogP contribution in [0, 0.1) is 19.7 Å². The molecule has 27 heavy (non-hydrogen) atoms. The van der Waals surface area contributed by atoms with E-state index in [-0.39, 0.29) is 17.4 Å². The average Bonchev–Trinajstić information content (AvgIpc) is 2.63. The Labute approximate surface area is 157 Å². The Morgan fingerprint density at radius 2 is 1.85 bits per heavy atom. The number of carbonyl (C=O) groups excluding carboxylic acids is 1. The minimum absolute atomic E-state index is 0.234. The van der Waals surface area contributed by atoms with E-state index in [1.807, 2.05) is 31.2 Å². The number of aromatic nitrogens is 2. The number of anilines is 2. The number of hydrogen-bond donors (Lipinski definition) is 2. The van der Waals surface area contributed by atoms with Gasteiger partial charge in [-0.25, -0.2) is 14.4 Å². The molecule has 0 spiro atoms. The first-order valence-electron chi connectivity index (χ1n) is 8.72. The van der Waals surface area contributed by atoms with Crippen molar-refractivity contribution in [3.05, 3.63) is 82.9 Å². The van der Waals surface area contributed by atoms with Gasteiger partial charge in [-0.05, 0) is 55.7 Å². The van der Waals surface area contributed by atoms with Crippen LogP contribution in [0.4, 0.5) is 16.0 Å². The van der Waals surface area contributed by atoms with Gasteiger partial charge in [0, 0.05) is 17.9 Å². The number of nitrogens with zero attached hydrogens (tertiary/aromatic N) is 2. The van der Waals surface area contributed by atoms with Gasteiger partial charge in [-0.15, -0.1) is 0 Å². The lowest BCUT2D eigenvalue weighted by Gasteiger charge is -2.09. The average molecular weight is 364 g/mol. The zero-order valence-corrected chi connectivity index (χ0v) is 15.3. The SMILES string of the molecule is Cc1cccc(NC(=O)c2cc(C)nc(NCCc3ccccc3F)n2)c1. The van der Waals surface area contributed by atoms with Gasteiger partial charge in [-0.1, -0.05) is 30.3 Å². The first-order chi connectivity index (χ1) is 13.0. The van der Waals surface area contributed by atoms with Gasteiger partial charge < -0.3 is 10.6 Å². The summed E-state index contributed by atoms with van der Waals surface area (Å²) in [6.45, 7) is 4.22. The van der Waals surface area contributed by atoms with Crippen molar-refractivity contribution in [3.8, 4) is 0 Å². The fourth-order valence-corrected chi connectivity index (χ4v) is 2.69. The van der Waals surface area contributed by atoms with E-state index >= 15 is 0 Å². The van der Waals surface area contributed by atoms with Gasteiger partial charge in [0.1, 0.15) is 11.5 Å². The number of hydrogen-bond acceptors (Lipinski definition) is 4. The molecule has 0 saturated carbocycles. The number of benzene rings is 2. The molecular weight excluding hydrogens is 343 g/mol. The Morgan fingerprint density at radius 3 is 2.63 bits per heavy atom. The maximum absolute atomic E-state index is 13.7. The normalized spacial score (nSPS) is 10.5. The summed E-state index contributed by atoms with van der Waals surface area (Å²) in [4.78, 5) is 21.1. The van der Waals surface area contributed by atoms with Crippen molar-refractivity contribution < 1.29 is 9.18 Å². The highest BCUT2D eigenvalue weighted by Gasteiger charge is 2.11. The molecule has 138 valence electrons. The molecule has 5 nitrogen and oxygen atoms in total. The summed E-state index contributed by atoms with van der Waals surface area (Å²) in [6, 6.07) is 15.8. The number of rotatable bonds is 6. The van der Waals surface area contributed by atoms with Crippen LogP contribution in [0.15, 0.2) is 54.6 Å². The van der Waals surface area contributed by atoms with E-state index in [0.717, 1.165) is 5.56 Å². The lowest BCUT2D eigenvalue weighted by atomic mass is 10.1. The summed E-state index contributed by atoms with van der Waals surface area (Å²) in [6.07, 6.45) is 0.495. The van der Waals surface area contributed by atoms with Crippen LogP contribution in [0.25, 0.3) is 0 Å². The molecular formula is C21H21FN4O. The highest BCUT2D eigenvalue weighted by atomic mass is 19.1. The van der Waals surface area contributed by atoms with Crippen LogP contribution in [-0.2, 0) is 6.42 Å². The van der Waals surface area contributed by atoms with Crippen molar-refractivity contribution >= 4 is 17.5 Å². The second kappa shape index (κ2) is 8.40. The summed E-state index contributed by atoms with van der Waals surface area (Å²) in [5.41, 5.74) is 3.34. The number of halogens is 1. The van der Waals surface area contributed by atoms with Crippen LogP contribution in [0.3, 0.4) is 0 Å². The van der Waals surface area contributed by atoms with Crippen molar-refractivity contribution in [2.45, 2.75) is 20.3 Å². The summed E-state index contributed by atoms with van der Waals surface area (Å²) in [5.74, 6) is -0.188. The third kappa shape index (κ3) is 5.10. The lowest BCUT2D eigenvalue weighted by molar-refractivity contribution is 0.102. The Hall–Kier alpha value is -3.28. The number of amides is 1. The quantitative estimate of drug-likeness (QED) is 0.690. The summed E-state index contributed by atoms with van der Waals surface area (Å²) < 4.78 is 13.7. The summed E-state index contributed by atoms with van der Waals surface area (Å²) in [7, 11) is 0. The molecule has 3 rings (SSSR count). The van der Waals surface area contributed by atoms with Gasteiger partial charge in [0.25, 0.3) is 5.91 Å². The molecule has 0 bridgehead atoms. The number of nitrogens with one attached hydrogen (secondary N) is 2. The van der Waals surface area contributed by atoms with Crippen molar-refractivity contribution in [1.82, 2.24) is 9.97 Å². The maximum atomic E-state index is 13.7. The Balaban J connectivity index is 1.66. The maximum Gasteiger partial charge on any atom is 0.274 e. The van der Waals surface area contributed by atoms with Crippen LogP contribution in [0.1, 0.15) is 27.3 Å². The molecule has 1 amide bonds. The van der Waals surface area contributed by atoms with E-state index in [1.165, 1.54) is 6.07 Å². The fraction of sp³-hybridized carbons (Fsp3) is 0.190. The predicted octanol–water partition coefficient (Wildman–Crippen LogP) is 4.14. The van der Waals surface area contributed by atoms with Crippen molar-refractivity contribution in [1.29, 1.82) is 0 Å². The molecule has 0 aliphatic carbocycles. The molecule has 0 aliphatic heterocycles. The highest BCUT2D eigenvalue weighted by Crippen LogP contribution is 2.13. The standard InChI is InChI=1S/C21H21FN4O/c1-14-6-5-8-17(12-14)25-20(27)19-13-15(2)24-21(26-19)23-11-10-16-7-3-4-9-18(16)22/h3-9,12-13H,10-11H2,1-2H3,(H,25,27)(H,23,24,26). The fourth-order valence-electron chi connectivity index (χ4n) is 2.69. The molecule has 0 aliphatic rings. The number of carbonyl (C=O) groups is 1. The van der Waals surface area contributed by atoms with Crippen molar-refractivity contribution in [3.63, 3.8) is 0 Å². The van der Waals surface area contributed by atoms with Gasteiger partial charge in [0.05, 0.1) is 0 Å². The monoisotopic (exact) mass is 364 g/mol. The third-order valence-corrected chi connectivity index (χ3v) is 4.00.